The number of aliphatic carboxylic acids is 1. The zero-order valence-corrected chi connectivity index (χ0v) is 61.8. The number of hydrogen-bond acceptors (Lipinski definition) is 11. The van der Waals surface area contributed by atoms with E-state index in [1.165, 1.54) is 0 Å². The van der Waals surface area contributed by atoms with Crippen molar-refractivity contribution < 1.29 is 75.0 Å². The van der Waals surface area contributed by atoms with Crippen LogP contribution in [0.15, 0.2) is 24.3 Å². The average Bonchev–Trinajstić information content (AvgIpc) is 1.92. The highest BCUT2D eigenvalue weighted by Gasteiger charge is 2.50. The number of unbranched alkanes of at least 4 members (excludes halogenated alkanes) is 16. The third-order valence-corrected chi connectivity index (χ3v) is 29.4. The van der Waals surface area contributed by atoms with Crippen LogP contribution in [0.1, 0.15) is 288 Å². The van der Waals surface area contributed by atoms with E-state index in [-0.39, 0.29) is 89.9 Å². The maximum atomic E-state index is 15.9. The SMILES string of the molecule is CCCCCCC(F)(F)C(/C=C/[C@@H]1[C@@H](CCCCCCCCC(=O)O)[C@@H](O)C[C@H]1OC1CCCCO1)O[Si](C)(C)C(C)(C)C.CCCCCCC(F)(F)C(/C=C/[C@@H]1[C@@H](CCCCCCCCC(=O)OC(C)C)[C@@H](O)C[C@H]1OC1CCCCO1)O[Si](C)(C)C(C)(C)C. The smallest absolute Gasteiger partial charge is 0.306 e. The van der Waals surface area contributed by atoms with Gasteiger partial charge in [-0.3, -0.25) is 9.59 Å². The van der Waals surface area contributed by atoms with E-state index in [2.05, 4.69) is 55.4 Å². The number of carboxylic acid groups (broad SMARTS) is 1. The summed E-state index contributed by atoms with van der Waals surface area (Å²) in [4.78, 5) is 22.5. The number of carboxylic acids is 1. The largest absolute Gasteiger partial charge is 0.481 e. The lowest BCUT2D eigenvalue weighted by Gasteiger charge is -2.40. The fourth-order valence-corrected chi connectivity index (χ4v) is 15.2. The molecule has 0 radical (unpaired) electrons. The Morgan fingerprint density at radius 3 is 1.24 bits per heavy atom. The van der Waals surface area contributed by atoms with Crippen molar-refractivity contribution in [3.05, 3.63) is 24.3 Å². The Labute approximate surface area is 553 Å². The number of esters is 1. The number of carbonyl (C=O) groups excluding carboxylic acids is 1. The topological polar surface area (TPSA) is 159 Å². The van der Waals surface area contributed by atoms with E-state index in [0.717, 1.165) is 161 Å². The van der Waals surface area contributed by atoms with Crippen molar-refractivity contribution in [1.82, 2.24) is 0 Å². The van der Waals surface area contributed by atoms with Gasteiger partial charge < -0.3 is 47.9 Å². The second-order valence-corrected chi connectivity index (χ2v) is 40.3. The minimum atomic E-state index is -2.99. The van der Waals surface area contributed by atoms with E-state index >= 15 is 17.6 Å². The van der Waals surface area contributed by atoms with Gasteiger partial charge in [-0.05, 0) is 139 Å². The quantitative estimate of drug-likeness (QED) is 0.0175. The molecule has 0 amide bonds. The highest BCUT2D eigenvalue weighted by molar-refractivity contribution is 6.74. The van der Waals surface area contributed by atoms with E-state index in [4.69, 9.17) is 37.6 Å². The van der Waals surface area contributed by atoms with Crippen molar-refractivity contribution in [2.24, 2.45) is 23.7 Å². The van der Waals surface area contributed by atoms with Crippen LogP contribution in [0.3, 0.4) is 0 Å². The fourth-order valence-electron chi connectivity index (χ4n) is 12.7. The molecule has 4 aliphatic rings. The van der Waals surface area contributed by atoms with Gasteiger partial charge in [0.1, 0.15) is 12.2 Å². The van der Waals surface area contributed by atoms with Crippen molar-refractivity contribution in [3.63, 3.8) is 0 Å². The first-order valence-corrected chi connectivity index (χ1v) is 42.4. The molecule has 2 saturated heterocycles. The Morgan fingerprint density at radius 1 is 0.538 bits per heavy atom. The van der Waals surface area contributed by atoms with Crippen LogP contribution in [0.4, 0.5) is 17.6 Å². The molecular weight excluding hydrogens is 1200 g/mol. The maximum Gasteiger partial charge on any atom is 0.306 e. The van der Waals surface area contributed by atoms with Crippen LogP contribution in [0, 0.1) is 23.7 Å². The molecule has 2 saturated carbocycles. The van der Waals surface area contributed by atoms with Gasteiger partial charge in [0.25, 0.3) is 11.8 Å². The molecule has 2 heterocycles. The number of hydrogen-bond donors (Lipinski definition) is 3. The second kappa shape index (κ2) is 42.2. The molecule has 12 atom stereocenters. The number of aliphatic hydroxyl groups is 2. The number of aliphatic hydroxyl groups excluding tert-OH is 2. The Hall–Kier alpha value is -1.75. The van der Waals surface area contributed by atoms with E-state index in [1.807, 2.05) is 52.2 Å². The third-order valence-electron chi connectivity index (χ3n) is 20.5. The van der Waals surface area contributed by atoms with Crippen LogP contribution in [-0.2, 0) is 42.1 Å². The number of rotatable bonds is 43. The van der Waals surface area contributed by atoms with Crippen molar-refractivity contribution >= 4 is 28.6 Å². The van der Waals surface area contributed by atoms with Gasteiger partial charge in [-0.15, -0.1) is 0 Å². The summed E-state index contributed by atoms with van der Waals surface area (Å²) in [5, 5.41) is 30.9. The van der Waals surface area contributed by atoms with Crippen molar-refractivity contribution in [1.29, 1.82) is 0 Å². The van der Waals surface area contributed by atoms with Crippen molar-refractivity contribution in [2.75, 3.05) is 13.2 Å². The lowest BCUT2D eigenvalue weighted by Crippen LogP contribution is -2.48. The van der Waals surface area contributed by atoms with Gasteiger partial charge in [-0.25, -0.2) is 17.6 Å². The summed E-state index contributed by atoms with van der Waals surface area (Å²) in [6.45, 7) is 29.8. The van der Waals surface area contributed by atoms with Crippen molar-refractivity contribution in [2.45, 2.75) is 391 Å². The Morgan fingerprint density at radius 2 is 0.901 bits per heavy atom. The Kier molecular flexibility index (Phi) is 38.7. The molecule has 12 nitrogen and oxygen atoms in total. The molecule has 0 spiro atoms. The van der Waals surface area contributed by atoms with E-state index in [0.29, 0.717) is 51.7 Å². The molecular formula is C73H134F4O12Si2. The summed E-state index contributed by atoms with van der Waals surface area (Å²) in [5.74, 6) is -7.40. The molecule has 4 rings (SSSR count). The number of halogens is 4. The molecule has 534 valence electrons. The first-order chi connectivity index (χ1) is 42.7. The molecule has 0 aromatic rings. The van der Waals surface area contributed by atoms with Gasteiger partial charge in [0.2, 0.25) is 0 Å². The molecule has 2 aliphatic heterocycles. The molecule has 3 N–H and O–H groups in total. The van der Waals surface area contributed by atoms with Gasteiger partial charge in [0.05, 0.1) is 30.5 Å². The highest BCUT2D eigenvalue weighted by Crippen LogP contribution is 2.46. The van der Waals surface area contributed by atoms with Crippen LogP contribution in [-0.4, -0.2) is 124 Å². The summed E-state index contributed by atoms with van der Waals surface area (Å²) >= 11 is 0. The van der Waals surface area contributed by atoms with E-state index in [9.17, 15) is 19.8 Å². The molecule has 4 fully saturated rings. The molecule has 91 heavy (non-hydrogen) atoms. The number of alkyl halides is 4. The van der Waals surface area contributed by atoms with E-state index < -0.39 is 58.9 Å². The summed E-state index contributed by atoms with van der Waals surface area (Å²) < 4.78 is 106. The Balaban J connectivity index is 0.000000476. The van der Waals surface area contributed by atoms with Gasteiger partial charge in [-0.2, -0.15) is 0 Å². The van der Waals surface area contributed by atoms with Crippen LogP contribution < -0.4 is 0 Å². The lowest BCUT2D eigenvalue weighted by molar-refractivity contribution is -0.193. The molecule has 4 unspecified atom stereocenters. The minimum absolute atomic E-state index is 0.0719. The van der Waals surface area contributed by atoms with Crippen LogP contribution >= 0.6 is 0 Å². The summed E-state index contributed by atoms with van der Waals surface area (Å²) in [5.41, 5.74) is 0. The van der Waals surface area contributed by atoms with Crippen molar-refractivity contribution in [3.8, 4) is 0 Å². The molecule has 18 heteroatoms. The van der Waals surface area contributed by atoms with Crippen LogP contribution in [0.2, 0.25) is 36.3 Å². The third kappa shape index (κ3) is 31.6. The zero-order chi connectivity index (χ0) is 67.9. The van der Waals surface area contributed by atoms with Gasteiger partial charge in [0.15, 0.2) is 29.2 Å². The van der Waals surface area contributed by atoms with Gasteiger partial charge in [-0.1, -0.05) is 182 Å². The molecule has 2 aliphatic carbocycles. The van der Waals surface area contributed by atoms with Crippen LogP contribution in [0.25, 0.3) is 0 Å². The predicted octanol–water partition coefficient (Wildman–Crippen LogP) is 20.2. The summed E-state index contributed by atoms with van der Waals surface area (Å²) in [7, 11) is -5.01. The summed E-state index contributed by atoms with van der Waals surface area (Å²) in [6, 6.07) is 0. The second-order valence-electron chi connectivity index (χ2n) is 30.8. The monoisotopic (exact) mass is 1330 g/mol. The standard InChI is InChI=1S/C38H70F2O6Si.C35H64F2O6Si/c1-9-10-11-19-26-38(39,40)34(46-47(7,8)37(4,5)6)25-24-31-30(32(41)28-33(31)45-36-23-18-20-27-43-36)21-16-14-12-13-15-17-22-35(42)44-29(2)3;1-7-8-9-17-24-35(36,37)31(43-44(5,6)34(2,3)4)23-22-28-27(19-14-12-10-11-13-15-20-32(39)40)29(38)26-30(28)42-33-21-16-18-25-41-33/h24-25,29-34,36,41H,9-23,26-28H2,1-8H3;22-23,27-31,33,38H,7-21,24-26H2,1-6H3,(H,39,40)/b25-24+;23-22+/t30-,31-,32+,33-,34?,36?;27-,28-,29+,30-,31?,33?/m11/s1. The number of ether oxygens (including phenoxy) is 5. The lowest BCUT2D eigenvalue weighted by atomic mass is 9.87. The highest BCUT2D eigenvalue weighted by atomic mass is 28.4. The van der Waals surface area contributed by atoms with Crippen LogP contribution in [0.5, 0.6) is 0 Å². The number of carbonyl (C=O) groups is 2. The summed E-state index contributed by atoms with van der Waals surface area (Å²) in [6.07, 6.45) is 28.4. The Bertz CT molecular complexity index is 2020. The minimum Gasteiger partial charge on any atom is -0.481 e. The molecule has 0 bridgehead atoms. The first-order valence-electron chi connectivity index (χ1n) is 36.5. The fraction of sp³-hybridized carbons (Fsp3) is 0.918. The predicted molar refractivity (Wildman–Crippen MR) is 365 cm³/mol. The first kappa shape index (κ1) is 83.5. The molecule has 0 aromatic heterocycles. The average molecular weight is 1340 g/mol. The zero-order valence-electron chi connectivity index (χ0n) is 59.8. The maximum absolute atomic E-state index is 15.9. The van der Waals surface area contributed by atoms with Gasteiger partial charge >= 0.3 is 11.9 Å². The molecule has 0 aromatic carbocycles. The van der Waals surface area contributed by atoms with Gasteiger partial charge in [0, 0.05) is 63.6 Å². The normalized spacial score (nSPS) is 25.5. The van der Waals surface area contributed by atoms with E-state index in [1.54, 1.807) is 12.2 Å².